The predicted octanol–water partition coefficient (Wildman–Crippen LogP) is 4.47. The van der Waals surface area contributed by atoms with Gasteiger partial charge in [0.2, 0.25) is 0 Å². The standard InChI is InChI=1S/C27H26F2N4O3/c1-14-11-21(26(2,3)35)30-13-16(14)27(36-25(28)29)10-6-7-15-22(27)20-12-18(32-24(15)34)23-31-17-8-4-5-9-19(17)33(20)23/h4-9,11,13,18,20,25,35H,10,12H2,1-3H3,(H,32,34)/t18-,20-,27?/m1/s1. The lowest BCUT2D eigenvalue weighted by molar-refractivity contribution is -0.202. The van der Waals surface area contributed by atoms with Gasteiger partial charge in [-0.1, -0.05) is 24.3 Å². The summed E-state index contributed by atoms with van der Waals surface area (Å²) in [5.41, 5.74) is 1.11. The Morgan fingerprint density at radius 3 is 2.81 bits per heavy atom. The molecule has 3 aromatic rings. The van der Waals surface area contributed by atoms with Crippen LogP contribution < -0.4 is 5.32 Å². The first-order valence-electron chi connectivity index (χ1n) is 11.9. The molecule has 2 aromatic heterocycles. The normalized spacial score (nSPS) is 25.2. The number of hydrogen-bond donors (Lipinski definition) is 2. The van der Waals surface area contributed by atoms with E-state index in [2.05, 4.69) is 10.3 Å². The van der Waals surface area contributed by atoms with Gasteiger partial charge >= 0.3 is 6.61 Å². The zero-order valence-corrected chi connectivity index (χ0v) is 20.1. The number of aromatic nitrogens is 3. The molecule has 0 saturated carbocycles. The second-order valence-electron chi connectivity index (χ2n) is 10.2. The molecule has 3 atom stereocenters. The Hall–Kier alpha value is -3.43. The molecule has 3 aliphatic rings. The van der Waals surface area contributed by atoms with Gasteiger partial charge in [-0.25, -0.2) is 4.98 Å². The Labute approximate surface area is 206 Å². The number of pyridine rings is 1. The molecule has 4 heterocycles. The maximum atomic E-state index is 14.2. The molecule has 186 valence electrons. The highest BCUT2D eigenvalue weighted by atomic mass is 19.3. The lowest BCUT2D eigenvalue weighted by atomic mass is 9.73. The number of rotatable bonds is 4. The highest BCUT2D eigenvalue weighted by Crippen LogP contribution is 2.55. The van der Waals surface area contributed by atoms with Gasteiger partial charge in [-0.3, -0.25) is 9.78 Å². The first-order chi connectivity index (χ1) is 17.1. The number of carbonyl (C=O) groups is 1. The van der Waals surface area contributed by atoms with Gasteiger partial charge in [0.05, 0.1) is 28.8 Å². The molecule has 0 radical (unpaired) electrons. The molecule has 0 fully saturated rings. The van der Waals surface area contributed by atoms with E-state index < -0.39 is 23.9 Å². The van der Waals surface area contributed by atoms with E-state index in [4.69, 9.17) is 9.72 Å². The number of alkyl halides is 2. The number of halogens is 2. The molecular formula is C27H26F2N4O3. The molecule has 0 saturated heterocycles. The number of amides is 1. The van der Waals surface area contributed by atoms with Crippen LogP contribution in [0.4, 0.5) is 8.78 Å². The Balaban J connectivity index is 1.63. The van der Waals surface area contributed by atoms with Crippen LogP contribution in [0.2, 0.25) is 0 Å². The van der Waals surface area contributed by atoms with Gasteiger partial charge in [-0.15, -0.1) is 0 Å². The highest BCUT2D eigenvalue weighted by Gasteiger charge is 2.52. The summed E-state index contributed by atoms with van der Waals surface area (Å²) in [5.74, 6) is 0.363. The Morgan fingerprint density at radius 2 is 2.08 bits per heavy atom. The minimum atomic E-state index is -3.10. The Morgan fingerprint density at radius 1 is 1.31 bits per heavy atom. The zero-order valence-electron chi connectivity index (χ0n) is 20.1. The van der Waals surface area contributed by atoms with Crippen molar-refractivity contribution in [3.05, 3.63) is 82.5 Å². The lowest BCUT2D eigenvalue weighted by Gasteiger charge is -2.42. The molecular weight excluding hydrogens is 466 g/mol. The van der Waals surface area contributed by atoms with E-state index in [9.17, 15) is 18.7 Å². The number of imidazole rings is 1. The van der Waals surface area contributed by atoms with Crippen molar-refractivity contribution in [3.8, 4) is 0 Å². The van der Waals surface area contributed by atoms with E-state index in [0.717, 1.165) is 11.0 Å². The summed E-state index contributed by atoms with van der Waals surface area (Å²) < 4.78 is 36.0. The van der Waals surface area contributed by atoms with Crippen LogP contribution in [0.5, 0.6) is 0 Å². The van der Waals surface area contributed by atoms with Crippen LogP contribution >= 0.6 is 0 Å². The number of ether oxygens (including phenoxy) is 1. The lowest BCUT2D eigenvalue weighted by Crippen LogP contribution is -2.41. The summed E-state index contributed by atoms with van der Waals surface area (Å²) in [5, 5.41) is 13.5. The van der Waals surface area contributed by atoms with Crippen molar-refractivity contribution < 1.29 is 23.4 Å². The predicted molar refractivity (Wildman–Crippen MR) is 128 cm³/mol. The average molecular weight is 493 g/mol. The molecule has 2 N–H and O–H groups in total. The Kier molecular flexibility index (Phi) is 4.97. The summed E-state index contributed by atoms with van der Waals surface area (Å²) in [4.78, 5) is 22.6. The summed E-state index contributed by atoms with van der Waals surface area (Å²) in [7, 11) is 0. The maximum Gasteiger partial charge on any atom is 0.346 e. The molecule has 9 heteroatoms. The van der Waals surface area contributed by atoms with Gasteiger partial charge in [0, 0.05) is 29.3 Å². The quantitative estimate of drug-likeness (QED) is 0.561. The number of para-hydroxylation sites is 2. The molecule has 1 aromatic carbocycles. The van der Waals surface area contributed by atoms with Crippen LogP contribution in [0, 0.1) is 6.92 Å². The smallest absolute Gasteiger partial charge is 0.346 e. The highest BCUT2D eigenvalue weighted by molar-refractivity contribution is 5.99. The van der Waals surface area contributed by atoms with E-state index in [1.54, 1.807) is 39.0 Å². The molecule has 7 nitrogen and oxygen atoms in total. The third kappa shape index (κ3) is 3.26. The van der Waals surface area contributed by atoms with Gasteiger partial charge < -0.3 is 19.7 Å². The molecule has 36 heavy (non-hydrogen) atoms. The van der Waals surface area contributed by atoms with Crippen LogP contribution in [0.15, 0.2) is 59.8 Å². The summed E-state index contributed by atoms with van der Waals surface area (Å²) in [6, 6.07) is 8.56. The van der Waals surface area contributed by atoms with Crippen molar-refractivity contribution in [1.82, 2.24) is 19.9 Å². The van der Waals surface area contributed by atoms with E-state index in [-0.39, 0.29) is 18.4 Å². The molecule has 1 aliphatic carbocycles. The Bertz CT molecular complexity index is 1470. The minimum Gasteiger partial charge on any atom is -0.384 e. The number of benzene rings is 1. The molecule has 6 rings (SSSR count). The van der Waals surface area contributed by atoms with Gasteiger partial charge in [-0.05, 0) is 51.0 Å². The number of fused-ring (bicyclic) bond motifs is 8. The van der Waals surface area contributed by atoms with Crippen LogP contribution in [0.3, 0.4) is 0 Å². The monoisotopic (exact) mass is 492 g/mol. The van der Waals surface area contributed by atoms with Gasteiger partial charge in [-0.2, -0.15) is 8.78 Å². The van der Waals surface area contributed by atoms with Gasteiger partial charge in [0.1, 0.15) is 17.0 Å². The third-order valence-electron chi connectivity index (χ3n) is 7.47. The fourth-order valence-corrected chi connectivity index (χ4v) is 5.98. The molecule has 1 amide bonds. The molecule has 0 spiro atoms. The zero-order chi connectivity index (χ0) is 25.4. The van der Waals surface area contributed by atoms with E-state index in [1.165, 1.54) is 6.20 Å². The van der Waals surface area contributed by atoms with Crippen molar-refractivity contribution in [1.29, 1.82) is 0 Å². The van der Waals surface area contributed by atoms with Crippen LogP contribution in [0.1, 0.15) is 61.4 Å². The fraction of sp³-hybridized carbons (Fsp3) is 0.370. The van der Waals surface area contributed by atoms with Crippen LogP contribution in [-0.2, 0) is 20.7 Å². The number of carbonyl (C=O) groups excluding carboxylic acids is 1. The van der Waals surface area contributed by atoms with Crippen LogP contribution in [-0.4, -0.2) is 32.2 Å². The number of aliphatic hydroxyl groups is 1. The maximum absolute atomic E-state index is 14.2. The number of aryl methyl sites for hydroxylation is 1. The first-order valence-corrected chi connectivity index (χ1v) is 11.9. The molecule has 2 bridgehead atoms. The van der Waals surface area contributed by atoms with Gasteiger partial charge in [0.15, 0.2) is 0 Å². The minimum absolute atomic E-state index is 0.108. The first kappa shape index (κ1) is 23.0. The van der Waals surface area contributed by atoms with E-state index in [1.807, 2.05) is 28.8 Å². The molecule has 1 unspecified atom stereocenters. The summed E-state index contributed by atoms with van der Waals surface area (Å²) >= 11 is 0. The topological polar surface area (TPSA) is 89.3 Å². The average Bonchev–Trinajstić information content (AvgIpc) is 3.30. The van der Waals surface area contributed by atoms with Crippen molar-refractivity contribution in [2.75, 3.05) is 0 Å². The second-order valence-corrected chi connectivity index (χ2v) is 10.2. The summed E-state index contributed by atoms with van der Waals surface area (Å²) in [6.07, 6.45) is 5.49. The van der Waals surface area contributed by atoms with Crippen molar-refractivity contribution in [2.24, 2.45) is 0 Å². The largest absolute Gasteiger partial charge is 0.384 e. The van der Waals surface area contributed by atoms with Gasteiger partial charge in [0.25, 0.3) is 5.91 Å². The fourth-order valence-electron chi connectivity index (χ4n) is 5.98. The summed E-state index contributed by atoms with van der Waals surface area (Å²) in [6.45, 7) is 1.92. The SMILES string of the molecule is Cc1cc(C(C)(C)O)ncc1C1(OC(F)F)CC=CC2=C1[C@H]1C[C@@H](NC2=O)c2nc3ccccc3n21. The number of nitrogens with zero attached hydrogens (tertiary/aromatic N) is 3. The van der Waals surface area contributed by atoms with Crippen molar-refractivity contribution in [3.63, 3.8) is 0 Å². The van der Waals surface area contributed by atoms with Crippen LogP contribution in [0.25, 0.3) is 11.0 Å². The third-order valence-corrected chi connectivity index (χ3v) is 7.47. The number of hydrogen-bond acceptors (Lipinski definition) is 5. The van der Waals surface area contributed by atoms with Crippen molar-refractivity contribution in [2.45, 2.75) is 63.5 Å². The van der Waals surface area contributed by atoms with E-state index >= 15 is 0 Å². The number of nitrogens with one attached hydrogen (secondary N) is 1. The van der Waals surface area contributed by atoms with E-state index in [0.29, 0.717) is 40.2 Å². The van der Waals surface area contributed by atoms with Crippen molar-refractivity contribution >= 4 is 16.9 Å². The molecule has 2 aliphatic heterocycles. The second kappa shape index (κ2) is 7.78.